The molecule has 0 bridgehead atoms. The highest BCUT2D eigenvalue weighted by atomic mass is 19.3. The van der Waals surface area contributed by atoms with E-state index < -0.39 is 23.0 Å². The molecule has 0 saturated carbocycles. The number of hydrogen-bond acceptors (Lipinski definition) is 6. The van der Waals surface area contributed by atoms with Crippen LogP contribution in [0, 0.1) is 10.1 Å². The van der Waals surface area contributed by atoms with Crippen molar-refractivity contribution in [1.29, 1.82) is 0 Å². The van der Waals surface area contributed by atoms with E-state index in [-0.39, 0.29) is 0 Å². The number of halogens is 2. The Bertz CT molecular complexity index is 1010. The van der Waals surface area contributed by atoms with E-state index in [1.807, 2.05) is 49.3 Å². The SMILES string of the molecule is CN(C)c1cc(CNc2ccc([N+](=O)[O-])c(OC(F)F)c2)c2ccccc2n1. The first-order valence-corrected chi connectivity index (χ1v) is 8.38. The molecule has 0 unspecified atom stereocenters. The van der Waals surface area contributed by atoms with Gasteiger partial charge in [0, 0.05) is 43.8 Å². The second kappa shape index (κ2) is 8.03. The molecule has 28 heavy (non-hydrogen) atoms. The van der Waals surface area contributed by atoms with Gasteiger partial charge in [-0.15, -0.1) is 0 Å². The number of hydrogen-bond donors (Lipinski definition) is 1. The summed E-state index contributed by atoms with van der Waals surface area (Å²) in [5, 5.41) is 15.0. The normalized spacial score (nSPS) is 10.9. The zero-order valence-corrected chi connectivity index (χ0v) is 15.2. The molecule has 146 valence electrons. The van der Waals surface area contributed by atoms with Crippen molar-refractivity contribution in [3.05, 3.63) is 64.2 Å². The molecular weight excluding hydrogens is 370 g/mol. The Morgan fingerprint density at radius 3 is 2.64 bits per heavy atom. The lowest BCUT2D eigenvalue weighted by Crippen LogP contribution is -2.12. The lowest BCUT2D eigenvalue weighted by molar-refractivity contribution is -0.386. The Kier molecular flexibility index (Phi) is 5.53. The maximum atomic E-state index is 12.6. The molecule has 0 fully saturated rings. The van der Waals surface area contributed by atoms with Crippen molar-refractivity contribution in [1.82, 2.24) is 4.98 Å². The summed E-state index contributed by atoms with van der Waals surface area (Å²) in [5.74, 6) is 0.291. The summed E-state index contributed by atoms with van der Waals surface area (Å²) >= 11 is 0. The Balaban J connectivity index is 1.91. The molecule has 0 aliphatic heterocycles. The lowest BCUT2D eigenvalue weighted by Gasteiger charge is -2.16. The molecule has 1 N–H and O–H groups in total. The predicted molar refractivity (Wildman–Crippen MR) is 103 cm³/mol. The molecule has 3 aromatic rings. The molecule has 3 rings (SSSR count). The summed E-state index contributed by atoms with van der Waals surface area (Å²) in [6.07, 6.45) is 0. The third-order valence-corrected chi connectivity index (χ3v) is 4.10. The summed E-state index contributed by atoms with van der Waals surface area (Å²) < 4.78 is 29.4. The molecule has 2 aromatic carbocycles. The summed E-state index contributed by atoms with van der Waals surface area (Å²) in [6, 6.07) is 13.4. The van der Waals surface area contributed by atoms with Crippen LogP contribution >= 0.6 is 0 Å². The van der Waals surface area contributed by atoms with Gasteiger partial charge < -0.3 is 15.0 Å². The number of nitrogens with one attached hydrogen (secondary N) is 1. The number of ether oxygens (including phenoxy) is 1. The number of rotatable bonds is 7. The molecule has 7 nitrogen and oxygen atoms in total. The number of fused-ring (bicyclic) bond motifs is 1. The number of aromatic nitrogens is 1. The Morgan fingerprint density at radius 1 is 1.21 bits per heavy atom. The Hall–Kier alpha value is -3.49. The van der Waals surface area contributed by atoms with Gasteiger partial charge in [-0.2, -0.15) is 8.78 Å². The van der Waals surface area contributed by atoms with Gasteiger partial charge in [0.15, 0.2) is 0 Å². The van der Waals surface area contributed by atoms with Crippen molar-refractivity contribution in [3.8, 4) is 5.75 Å². The summed E-state index contributed by atoms with van der Waals surface area (Å²) in [6.45, 7) is -2.78. The highest BCUT2D eigenvalue weighted by Gasteiger charge is 2.19. The monoisotopic (exact) mass is 388 g/mol. The number of nitro groups is 1. The summed E-state index contributed by atoms with van der Waals surface area (Å²) in [5.41, 5.74) is 1.68. The zero-order chi connectivity index (χ0) is 20.3. The van der Waals surface area contributed by atoms with Crippen molar-refractivity contribution in [2.24, 2.45) is 0 Å². The molecule has 1 aromatic heterocycles. The van der Waals surface area contributed by atoms with E-state index in [1.54, 1.807) is 0 Å². The average molecular weight is 388 g/mol. The van der Waals surface area contributed by atoms with Crippen LogP contribution in [0.25, 0.3) is 10.9 Å². The second-order valence-electron chi connectivity index (χ2n) is 6.22. The molecule has 0 aliphatic carbocycles. The highest BCUT2D eigenvalue weighted by Crippen LogP contribution is 2.32. The molecule has 0 aliphatic rings. The van der Waals surface area contributed by atoms with Gasteiger partial charge >= 0.3 is 12.3 Å². The first kappa shape index (κ1) is 19.3. The van der Waals surface area contributed by atoms with Crippen molar-refractivity contribution in [2.45, 2.75) is 13.2 Å². The zero-order valence-electron chi connectivity index (χ0n) is 15.2. The van der Waals surface area contributed by atoms with Gasteiger partial charge in [0.25, 0.3) is 0 Å². The molecule has 1 heterocycles. The molecule has 0 atom stereocenters. The summed E-state index contributed by atoms with van der Waals surface area (Å²) in [7, 11) is 3.77. The number of pyridine rings is 1. The van der Waals surface area contributed by atoms with Crippen LogP contribution in [0.4, 0.5) is 26.0 Å². The number of nitro benzene ring substituents is 1. The van der Waals surface area contributed by atoms with Gasteiger partial charge in [-0.25, -0.2) is 4.98 Å². The van der Waals surface area contributed by atoms with Gasteiger partial charge in [0.2, 0.25) is 5.75 Å². The fourth-order valence-electron chi connectivity index (χ4n) is 2.77. The van der Waals surface area contributed by atoms with Gasteiger partial charge in [-0.1, -0.05) is 18.2 Å². The van der Waals surface area contributed by atoms with Crippen LogP contribution in [-0.2, 0) is 6.54 Å². The second-order valence-corrected chi connectivity index (χ2v) is 6.22. The minimum Gasteiger partial charge on any atom is -0.427 e. The van der Waals surface area contributed by atoms with Crippen molar-refractivity contribution in [2.75, 3.05) is 24.3 Å². The van der Waals surface area contributed by atoms with Crippen molar-refractivity contribution in [3.63, 3.8) is 0 Å². The van der Waals surface area contributed by atoms with Crippen LogP contribution in [0.3, 0.4) is 0 Å². The van der Waals surface area contributed by atoms with E-state index in [2.05, 4.69) is 15.0 Å². The van der Waals surface area contributed by atoms with Crippen LogP contribution in [-0.4, -0.2) is 30.6 Å². The van der Waals surface area contributed by atoms with Gasteiger partial charge in [-0.05, 0) is 23.8 Å². The predicted octanol–water partition coefficient (Wildman–Crippen LogP) is 4.42. The van der Waals surface area contributed by atoms with E-state index in [4.69, 9.17) is 0 Å². The molecule has 0 saturated heterocycles. The molecular formula is C19H18F2N4O3. The number of para-hydroxylation sites is 1. The van der Waals surface area contributed by atoms with Crippen molar-refractivity contribution >= 4 is 28.1 Å². The maximum absolute atomic E-state index is 12.6. The number of alkyl halides is 2. The van der Waals surface area contributed by atoms with Gasteiger partial charge in [0.1, 0.15) is 5.82 Å². The van der Waals surface area contributed by atoms with Crippen molar-refractivity contribution < 1.29 is 18.4 Å². The first-order valence-electron chi connectivity index (χ1n) is 8.38. The number of nitrogens with zero attached hydrogens (tertiary/aromatic N) is 3. The lowest BCUT2D eigenvalue weighted by atomic mass is 10.1. The topological polar surface area (TPSA) is 80.5 Å². The molecule has 0 radical (unpaired) electrons. The van der Waals surface area contributed by atoms with E-state index in [0.717, 1.165) is 28.4 Å². The number of benzene rings is 2. The van der Waals surface area contributed by atoms with Gasteiger partial charge in [-0.3, -0.25) is 10.1 Å². The van der Waals surface area contributed by atoms with Crippen LogP contribution < -0.4 is 15.0 Å². The molecule has 0 spiro atoms. The van der Waals surface area contributed by atoms with Gasteiger partial charge in [0.05, 0.1) is 10.4 Å². The smallest absolute Gasteiger partial charge is 0.387 e. The fraction of sp³-hybridized carbons (Fsp3) is 0.211. The minimum absolute atomic E-state index is 0.371. The first-order chi connectivity index (χ1) is 13.3. The number of anilines is 2. The fourth-order valence-corrected chi connectivity index (χ4v) is 2.77. The van der Waals surface area contributed by atoms with E-state index in [1.165, 1.54) is 12.1 Å². The van der Waals surface area contributed by atoms with Crippen LogP contribution in [0.15, 0.2) is 48.5 Å². The molecule has 9 heteroatoms. The third-order valence-electron chi connectivity index (χ3n) is 4.10. The van der Waals surface area contributed by atoms with E-state index in [0.29, 0.717) is 12.2 Å². The highest BCUT2D eigenvalue weighted by molar-refractivity contribution is 5.84. The van der Waals surface area contributed by atoms with E-state index >= 15 is 0 Å². The summed E-state index contributed by atoms with van der Waals surface area (Å²) in [4.78, 5) is 16.7. The quantitative estimate of drug-likeness (QED) is 0.477. The van der Waals surface area contributed by atoms with Crippen LogP contribution in [0.1, 0.15) is 5.56 Å². The van der Waals surface area contributed by atoms with Crippen LogP contribution in [0.5, 0.6) is 5.75 Å². The average Bonchev–Trinajstić information content (AvgIpc) is 2.65. The van der Waals surface area contributed by atoms with Crippen LogP contribution in [0.2, 0.25) is 0 Å². The maximum Gasteiger partial charge on any atom is 0.387 e. The minimum atomic E-state index is -3.15. The standard InChI is InChI=1S/C19H18F2N4O3/c1-24(2)18-9-12(14-5-3-4-6-15(14)23-18)11-22-13-7-8-16(25(26)27)17(10-13)28-19(20)21/h3-10,19,22H,11H2,1-2H3. The Labute approximate surface area is 159 Å². The third kappa shape index (κ3) is 4.25. The molecule has 0 amide bonds. The largest absolute Gasteiger partial charge is 0.427 e. The Morgan fingerprint density at radius 2 is 1.96 bits per heavy atom. The van der Waals surface area contributed by atoms with E-state index in [9.17, 15) is 18.9 Å².